The second-order valence-corrected chi connectivity index (χ2v) is 3.68. The van der Waals surface area contributed by atoms with Gasteiger partial charge in [-0.2, -0.15) is 0 Å². The number of nitrogens with zero attached hydrogens (tertiary/aromatic N) is 2. The van der Waals surface area contributed by atoms with Crippen molar-refractivity contribution >= 4 is 17.4 Å². The second kappa shape index (κ2) is 4.86. The number of carbonyl (C=O) groups excluding carboxylic acids is 1. The zero-order valence-corrected chi connectivity index (χ0v) is 9.19. The number of aromatic nitrogens is 2. The normalized spacial score (nSPS) is 10.1. The predicted octanol–water partition coefficient (Wildman–Crippen LogP) is 2.56. The van der Waals surface area contributed by atoms with Crippen LogP contribution in [-0.2, 0) is 6.42 Å². The zero-order chi connectivity index (χ0) is 11.4. The lowest BCUT2D eigenvalue weighted by Crippen LogP contribution is -2.04. The van der Waals surface area contributed by atoms with E-state index in [0.717, 1.165) is 5.69 Å². The summed E-state index contributed by atoms with van der Waals surface area (Å²) in [5.41, 5.74) is 1.31. The molecule has 0 radical (unpaired) electrons. The van der Waals surface area contributed by atoms with E-state index in [1.54, 1.807) is 18.3 Å². The molecule has 0 saturated heterocycles. The van der Waals surface area contributed by atoms with E-state index in [2.05, 4.69) is 9.97 Å². The number of Topliss-reactive ketones (excluding diaryl/α,β-unsaturated/α-hetero) is 1. The van der Waals surface area contributed by atoms with Crippen LogP contribution >= 0.6 is 11.6 Å². The molecular formula is C12H9ClN2O. The van der Waals surface area contributed by atoms with Crippen LogP contribution in [0.25, 0.3) is 0 Å². The Morgan fingerprint density at radius 1 is 1.19 bits per heavy atom. The maximum Gasteiger partial charge on any atom is 0.168 e. The number of halogens is 1. The van der Waals surface area contributed by atoms with Gasteiger partial charge in [0, 0.05) is 23.7 Å². The van der Waals surface area contributed by atoms with Crippen molar-refractivity contribution < 1.29 is 4.79 Å². The van der Waals surface area contributed by atoms with Crippen molar-refractivity contribution in [2.75, 3.05) is 0 Å². The van der Waals surface area contributed by atoms with Crippen LogP contribution < -0.4 is 0 Å². The van der Waals surface area contributed by atoms with Crippen molar-refractivity contribution in [2.45, 2.75) is 6.42 Å². The highest BCUT2D eigenvalue weighted by molar-refractivity contribution is 6.29. The molecule has 0 atom stereocenters. The first-order valence-corrected chi connectivity index (χ1v) is 5.18. The Kier molecular flexibility index (Phi) is 3.27. The van der Waals surface area contributed by atoms with Crippen LogP contribution in [0.4, 0.5) is 0 Å². The Morgan fingerprint density at radius 3 is 2.75 bits per heavy atom. The molecule has 0 aromatic carbocycles. The Balaban J connectivity index is 2.15. The zero-order valence-electron chi connectivity index (χ0n) is 8.43. The van der Waals surface area contributed by atoms with Gasteiger partial charge in [-0.25, -0.2) is 4.98 Å². The van der Waals surface area contributed by atoms with Crippen molar-refractivity contribution in [1.29, 1.82) is 0 Å². The van der Waals surface area contributed by atoms with Gasteiger partial charge in [0.15, 0.2) is 5.78 Å². The molecule has 0 aliphatic rings. The number of pyridine rings is 2. The molecule has 0 fully saturated rings. The van der Waals surface area contributed by atoms with Crippen molar-refractivity contribution in [2.24, 2.45) is 0 Å². The maximum absolute atomic E-state index is 11.8. The lowest BCUT2D eigenvalue weighted by Gasteiger charge is -2.00. The van der Waals surface area contributed by atoms with E-state index < -0.39 is 0 Å². The maximum atomic E-state index is 11.8. The lowest BCUT2D eigenvalue weighted by atomic mass is 10.1. The van der Waals surface area contributed by atoms with E-state index in [1.165, 1.54) is 6.20 Å². The van der Waals surface area contributed by atoms with Gasteiger partial charge >= 0.3 is 0 Å². The summed E-state index contributed by atoms with van der Waals surface area (Å²) in [5.74, 6) is -0.0111. The summed E-state index contributed by atoms with van der Waals surface area (Å²) in [6, 6.07) is 8.71. The van der Waals surface area contributed by atoms with E-state index in [1.807, 2.05) is 18.2 Å². The third-order valence-corrected chi connectivity index (χ3v) is 2.32. The number of hydrogen-bond acceptors (Lipinski definition) is 3. The predicted molar refractivity (Wildman–Crippen MR) is 61.5 cm³/mol. The molecule has 3 nitrogen and oxygen atoms in total. The highest BCUT2D eigenvalue weighted by Crippen LogP contribution is 2.09. The molecule has 2 heterocycles. The molecule has 0 saturated carbocycles. The van der Waals surface area contributed by atoms with Crippen molar-refractivity contribution in [3.63, 3.8) is 0 Å². The molecule has 80 valence electrons. The molecule has 16 heavy (non-hydrogen) atoms. The molecule has 2 aromatic heterocycles. The summed E-state index contributed by atoms with van der Waals surface area (Å²) < 4.78 is 0. The van der Waals surface area contributed by atoms with Gasteiger partial charge in [0.25, 0.3) is 0 Å². The van der Waals surface area contributed by atoms with E-state index >= 15 is 0 Å². The van der Waals surface area contributed by atoms with Crippen LogP contribution in [0, 0.1) is 0 Å². The first-order chi connectivity index (χ1) is 7.75. The van der Waals surface area contributed by atoms with E-state index in [0.29, 0.717) is 10.7 Å². The number of hydrogen-bond donors (Lipinski definition) is 0. The Morgan fingerprint density at radius 2 is 2.06 bits per heavy atom. The summed E-state index contributed by atoms with van der Waals surface area (Å²) in [7, 11) is 0. The Hall–Kier alpha value is -1.74. The van der Waals surface area contributed by atoms with Crippen LogP contribution in [-0.4, -0.2) is 15.8 Å². The summed E-state index contributed by atoms with van der Waals surface area (Å²) in [6.45, 7) is 0. The molecule has 0 aliphatic carbocycles. The molecule has 0 unspecified atom stereocenters. The monoisotopic (exact) mass is 232 g/mol. The standard InChI is InChI=1S/C12H9ClN2O/c13-12-7-9(4-6-15-12)11(16)8-10-3-1-2-5-14-10/h1-7H,8H2. The van der Waals surface area contributed by atoms with Gasteiger partial charge in [-0.3, -0.25) is 9.78 Å². The van der Waals surface area contributed by atoms with Crippen molar-refractivity contribution in [1.82, 2.24) is 9.97 Å². The van der Waals surface area contributed by atoms with Crippen molar-refractivity contribution in [3.05, 3.63) is 59.1 Å². The Labute approximate surface area is 98.1 Å². The Bertz CT molecular complexity index is 499. The van der Waals surface area contributed by atoms with E-state index in [4.69, 9.17) is 11.6 Å². The highest BCUT2D eigenvalue weighted by Gasteiger charge is 2.08. The molecule has 4 heteroatoms. The molecular weight excluding hydrogens is 224 g/mol. The van der Waals surface area contributed by atoms with Crippen LogP contribution in [0.5, 0.6) is 0 Å². The number of carbonyl (C=O) groups is 1. The van der Waals surface area contributed by atoms with Crippen LogP contribution in [0.3, 0.4) is 0 Å². The fourth-order valence-electron chi connectivity index (χ4n) is 1.35. The van der Waals surface area contributed by atoms with Crippen LogP contribution in [0.15, 0.2) is 42.7 Å². The summed E-state index contributed by atoms with van der Waals surface area (Å²) >= 11 is 5.71. The average Bonchev–Trinajstić information content (AvgIpc) is 2.30. The number of rotatable bonds is 3. The summed E-state index contributed by atoms with van der Waals surface area (Å²) in [5, 5.41) is 0.326. The largest absolute Gasteiger partial charge is 0.294 e. The van der Waals surface area contributed by atoms with Gasteiger partial charge in [-0.1, -0.05) is 17.7 Å². The minimum atomic E-state index is -0.0111. The molecule has 0 N–H and O–H groups in total. The highest BCUT2D eigenvalue weighted by atomic mass is 35.5. The third-order valence-electron chi connectivity index (χ3n) is 2.12. The van der Waals surface area contributed by atoms with Gasteiger partial charge in [-0.05, 0) is 24.3 Å². The minimum Gasteiger partial charge on any atom is -0.294 e. The molecule has 0 bridgehead atoms. The number of ketones is 1. The van der Waals surface area contributed by atoms with Gasteiger partial charge in [0.05, 0.1) is 6.42 Å². The van der Waals surface area contributed by atoms with Gasteiger partial charge in [-0.15, -0.1) is 0 Å². The molecule has 2 rings (SSSR count). The molecule has 0 aliphatic heterocycles. The van der Waals surface area contributed by atoms with Gasteiger partial charge < -0.3 is 0 Å². The third kappa shape index (κ3) is 2.64. The first kappa shape index (κ1) is 10.8. The minimum absolute atomic E-state index is 0.0111. The average molecular weight is 233 g/mol. The summed E-state index contributed by atoms with van der Waals surface area (Å²) in [4.78, 5) is 19.8. The van der Waals surface area contributed by atoms with Gasteiger partial charge in [0.2, 0.25) is 0 Å². The quantitative estimate of drug-likeness (QED) is 0.603. The lowest BCUT2D eigenvalue weighted by molar-refractivity contribution is 0.0992. The van der Waals surface area contributed by atoms with Crippen LogP contribution in [0.2, 0.25) is 5.15 Å². The molecule has 0 spiro atoms. The fourth-order valence-corrected chi connectivity index (χ4v) is 1.52. The molecule has 2 aromatic rings. The van der Waals surface area contributed by atoms with Crippen LogP contribution in [0.1, 0.15) is 16.1 Å². The SMILES string of the molecule is O=C(Cc1ccccn1)c1ccnc(Cl)c1. The van der Waals surface area contributed by atoms with E-state index in [-0.39, 0.29) is 12.2 Å². The smallest absolute Gasteiger partial charge is 0.168 e. The summed E-state index contributed by atoms with van der Waals surface area (Å²) in [6.07, 6.45) is 3.47. The first-order valence-electron chi connectivity index (χ1n) is 4.80. The fraction of sp³-hybridized carbons (Fsp3) is 0.0833. The van der Waals surface area contributed by atoms with Gasteiger partial charge in [0.1, 0.15) is 5.15 Å². The molecule has 0 amide bonds. The van der Waals surface area contributed by atoms with Crippen molar-refractivity contribution in [3.8, 4) is 0 Å². The second-order valence-electron chi connectivity index (χ2n) is 3.29. The van der Waals surface area contributed by atoms with E-state index in [9.17, 15) is 4.79 Å². The topological polar surface area (TPSA) is 42.9 Å².